The van der Waals surface area contributed by atoms with E-state index in [1.165, 1.54) is 24.3 Å². The summed E-state index contributed by atoms with van der Waals surface area (Å²) in [5, 5.41) is 3.04. The first-order valence-electron chi connectivity index (χ1n) is 8.87. The molecule has 1 N–H and O–H groups in total. The quantitative estimate of drug-likeness (QED) is 0.860. The number of rotatable bonds is 5. The molecule has 2 aromatic carbocycles. The van der Waals surface area contributed by atoms with Crippen molar-refractivity contribution in [3.8, 4) is 17.2 Å². The second kappa shape index (κ2) is 7.47. The van der Waals surface area contributed by atoms with Crippen molar-refractivity contribution in [2.45, 2.75) is 44.9 Å². The van der Waals surface area contributed by atoms with Gasteiger partial charge in [-0.2, -0.15) is 0 Å². The fourth-order valence-corrected chi connectivity index (χ4v) is 3.15. The van der Waals surface area contributed by atoms with Gasteiger partial charge < -0.3 is 19.5 Å². The van der Waals surface area contributed by atoms with Crippen molar-refractivity contribution in [1.82, 2.24) is 5.32 Å². The van der Waals surface area contributed by atoms with E-state index < -0.39 is 11.7 Å². The van der Waals surface area contributed by atoms with Crippen LogP contribution in [0.4, 0.5) is 4.39 Å². The largest absolute Gasteiger partial charge is 0.497 e. The SMILES string of the molecule is COc1ccc2c(c1)OC(C)(C)C[C@@H]2NC(=O)[C@@H](C)Oc1ccc(F)cc1. The Morgan fingerprint density at radius 1 is 1.22 bits per heavy atom. The van der Waals surface area contributed by atoms with E-state index in [4.69, 9.17) is 14.2 Å². The third-order valence-corrected chi connectivity index (χ3v) is 4.49. The van der Waals surface area contributed by atoms with Crippen LogP contribution < -0.4 is 19.5 Å². The van der Waals surface area contributed by atoms with Crippen LogP contribution in [-0.4, -0.2) is 24.7 Å². The Hall–Kier alpha value is -2.76. The molecule has 1 amide bonds. The molecule has 1 heterocycles. The topological polar surface area (TPSA) is 56.8 Å². The Bertz CT molecular complexity index is 819. The highest BCUT2D eigenvalue weighted by Crippen LogP contribution is 2.41. The maximum Gasteiger partial charge on any atom is 0.261 e. The summed E-state index contributed by atoms with van der Waals surface area (Å²) in [5.41, 5.74) is 0.468. The van der Waals surface area contributed by atoms with E-state index in [0.717, 1.165) is 5.56 Å². The molecule has 2 atom stereocenters. The number of fused-ring (bicyclic) bond motifs is 1. The summed E-state index contributed by atoms with van der Waals surface area (Å²) in [6, 6.07) is 11.0. The molecular formula is C21H24FNO4. The van der Waals surface area contributed by atoms with Gasteiger partial charge in [-0.3, -0.25) is 4.79 Å². The Morgan fingerprint density at radius 3 is 2.56 bits per heavy atom. The summed E-state index contributed by atoms with van der Waals surface area (Å²) in [7, 11) is 1.60. The second-order valence-electron chi connectivity index (χ2n) is 7.24. The fourth-order valence-electron chi connectivity index (χ4n) is 3.15. The van der Waals surface area contributed by atoms with E-state index in [0.29, 0.717) is 23.7 Å². The molecule has 0 saturated carbocycles. The molecule has 0 spiro atoms. The van der Waals surface area contributed by atoms with Crippen molar-refractivity contribution >= 4 is 5.91 Å². The van der Waals surface area contributed by atoms with Gasteiger partial charge in [-0.15, -0.1) is 0 Å². The number of halogens is 1. The number of carbonyl (C=O) groups is 1. The lowest BCUT2D eigenvalue weighted by atomic mass is 9.89. The Morgan fingerprint density at radius 2 is 1.89 bits per heavy atom. The van der Waals surface area contributed by atoms with Gasteiger partial charge in [-0.25, -0.2) is 4.39 Å². The first-order valence-corrected chi connectivity index (χ1v) is 8.87. The third-order valence-electron chi connectivity index (χ3n) is 4.49. The van der Waals surface area contributed by atoms with Crippen molar-refractivity contribution in [1.29, 1.82) is 0 Å². The number of methoxy groups -OCH3 is 1. The Kier molecular flexibility index (Phi) is 5.26. The molecule has 2 aromatic rings. The Labute approximate surface area is 158 Å². The van der Waals surface area contributed by atoms with Gasteiger partial charge in [-0.1, -0.05) is 0 Å². The molecule has 1 aliphatic heterocycles. The van der Waals surface area contributed by atoms with Crippen LogP contribution in [0.2, 0.25) is 0 Å². The zero-order chi connectivity index (χ0) is 19.6. The van der Waals surface area contributed by atoms with Crippen LogP contribution in [0.25, 0.3) is 0 Å². The zero-order valence-electron chi connectivity index (χ0n) is 15.9. The van der Waals surface area contributed by atoms with Crippen molar-refractivity contribution < 1.29 is 23.4 Å². The van der Waals surface area contributed by atoms with Crippen LogP contribution in [0.3, 0.4) is 0 Å². The molecule has 5 nitrogen and oxygen atoms in total. The van der Waals surface area contributed by atoms with Gasteiger partial charge in [0, 0.05) is 18.1 Å². The van der Waals surface area contributed by atoms with E-state index in [9.17, 15) is 9.18 Å². The number of amides is 1. The van der Waals surface area contributed by atoms with Crippen molar-refractivity contribution in [2.75, 3.05) is 7.11 Å². The lowest BCUT2D eigenvalue weighted by molar-refractivity contribution is -0.128. The molecule has 3 rings (SSSR count). The van der Waals surface area contributed by atoms with Gasteiger partial charge in [0.25, 0.3) is 5.91 Å². The molecule has 0 bridgehead atoms. The van der Waals surface area contributed by atoms with Crippen LogP contribution in [0.15, 0.2) is 42.5 Å². The molecule has 144 valence electrons. The lowest BCUT2D eigenvalue weighted by Gasteiger charge is -2.38. The second-order valence-corrected chi connectivity index (χ2v) is 7.24. The van der Waals surface area contributed by atoms with Gasteiger partial charge >= 0.3 is 0 Å². The lowest BCUT2D eigenvalue weighted by Crippen LogP contribution is -2.44. The number of hydrogen-bond donors (Lipinski definition) is 1. The molecule has 0 radical (unpaired) electrons. The molecule has 1 aliphatic rings. The summed E-state index contributed by atoms with van der Waals surface area (Å²) in [6.45, 7) is 5.62. The highest BCUT2D eigenvalue weighted by molar-refractivity contribution is 5.81. The van der Waals surface area contributed by atoms with Crippen LogP contribution >= 0.6 is 0 Å². The predicted molar refractivity (Wildman–Crippen MR) is 99.7 cm³/mol. The summed E-state index contributed by atoms with van der Waals surface area (Å²) in [6.07, 6.45) is -0.0930. The number of benzene rings is 2. The van der Waals surface area contributed by atoms with E-state index in [1.807, 2.05) is 32.0 Å². The standard InChI is InChI=1S/C21H24FNO4/c1-13(26-15-7-5-14(22)6-8-15)20(24)23-18-12-21(2,3)27-19-11-16(25-4)9-10-17(18)19/h5-11,13,18H,12H2,1-4H3,(H,23,24)/t13-,18+/m1/s1. The number of carbonyl (C=O) groups excluding carboxylic acids is 1. The first-order chi connectivity index (χ1) is 12.8. The fraction of sp³-hybridized carbons (Fsp3) is 0.381. The minimum Gasteiger partial charge on any atom is -0.497 e. The summed E-state index contributed by atoms with van der Waals surface area (Å²) in [5.74, 6) is 1.24. The van der Waals surface area contributed by atoms with Gasteiger partial charge in [0.2, 0.25) is 0 Å². The zero-order valence-corrected chi connectivity index (χ0v) is 15.9. The molecule has 0 saturated heterocycles. The first kappa shape index (κ1) is 19.0. The van der Waals surface area contributed by atoms with E-state index in [-0.39, 0.29) is 17.8 Å². The smallest absolute Gasteiger partial charge is 0.261 e. The van der Waals surface area contributed by atoms with Crippen molar-refractivity contribution in [2.24, 2.45) is 0 Å². The number of nitrogens with one attached hydrogen (secondary N) is 1. The molecule has 6 heteroatoms. The summed E-state index contributed by atoms with van der Waals surface area (Å²) < 4.78 is 29.9. The highest BCUT2D eigenvalue weighted by Gasteiger charge is 2.35. The van der Waals surface area contributed by atoms with E-state index >= 15 is 0 Å². The molecule has 0 fully saturated rings. The molecular weight excluding hydrogens is 349 g/mol. The van der Waals surface area contributed by atoms with Crippen LogP contribution in [0.1, 0.15) is 38.8 Å². The average molecular weight is 373 g/mol. The van der Waals surface area contributed by atoms with E-state index in [1.54, 1.807) is 14.0 Å². The molecule has 0 unspecified atom stereocenters. The van der Waals surface area contributed by atoms with Crippen molar-refractivity contribution in [3.63, 3.8) is 0 Å². The molecule has 0 aromatic heterocycles. The number of ether oxygens (including phenoxy) is 3. The maximum absolute atomic E-state index is 13.0. The highest BCUT2D eigenvalue weighted by atomic mass is 19.1. The normalized spacial score (nSPS) is 18.6. The summed E-state index contributed by atoms with van der Waals surface area (Å²) in [4.78, 5) is 12.7. The van der Waals surface area contributed by atoms with Gasteiger partial charge in [0.15, 0.2) is 6.10 Å². The van der Waals surface area contributed by atoms with Crippen molar-refractivity contribution in [3.05, 3.63) is 53.8 Å². The monoisotopic (exact) mass is 373 g/mol. The molecule has 27 heavy (non-hydrogen) atoms. The minimum absolute atomic E-state index is 0.207. The average Bonchev–Trinajstić information content (AvgIpc) is 2.62. The predicted octanol–water partition coefficient (Wildman–Crippen LogP) is 4.02. The Balaban J connectivity index is 1.74. The van der Waals surface area contributed by atoms with Gasteiger partial charge in [-0.05, 0) is 57.2 Å². The minimum atomic E-state index is -0.719. The maximum atomic E-state index is 13.0. The van der Waals surface area contributed by atoms with Gasteiger partial charge in [0.05, 0.1) is 13.2 Å². The number of hydrogen-bond acceptors (Lipinski definition) is 4. The van der Waals surface area contributed by atoms with Crippen LogP contribution in [0, 0.1) is 5.82 Å². The summed E-state index contributed by atoms with van der Waals surface area (Å²) >= 11 is 0. The van der Waals surface area contributed by atoms with Gasteiger partial charge in [0.1, 0.15) is 28.7 Å². The third kappa shape index (κ3) is 4.51. The van der Waals surface area contributed by atoms with Crippen LogP contribution in [0.5, 0.6) is 17.2 Å². The van der Waals surface area contributed by atoms with Crippen LogP contribution in [-0.2, 0) is 4.79 Å². The van der Waals surface area contributed by atoms with E-state index in [2.05, 4.69) is 5.32 Å². The molecule has 0 aliphatic carbocycles.